The minimum atomic E-state index is -4.86. The summed E-state index contributed by atoms with van der Waals surface area (Å²) in [5, 5.41) is 0. The van der Waals surface area contributed by atoms with E-state index in [1.54, 1.807) is 41.5 Å². The number of anilines is 1. The van der Waals surface area contributed by atoms with Crippen molar-refractivity contribution in [3.8, 4) is 0 Å². The van der Waals surface area contributed by atoms with E-state index in [0.29, 0.717) is 17.4 Å². The number of nitrogens with two attached hydrogens (primary N) is 1. The highest BCUT2D eigenvalue weighted by Crippen LogP contribution is 2.52. The number of hydrogen-bond donors (Lipinski definition) is 1. The van der Waals surface area contributed by atoms with Gasteiger partial charge in [-0.2, -0.15) is 13.8 Å². The van der Waals surface area contributed by atoms with Gasteiger partial charge in [0, 0.05) is 12.6 Å². The molecule has 1 fully saturated rings. The average Bonchev–Trinajstić information content (AvgIpc) is 3.34. The van der Waals surface area contributed by atoms with Crippen LogP contribution in [-0.2, 0) is 51.5 Å². The Kier molecular flexibility index (Phi) is 20.6. The molecule has 1 unspecified atom stereocenters. The second-order valence-electron chi connectivity index (χ2n) is 16.1. The minimum absolute atomic E-state index is 0.158. The SMILES string of the molecule is CCCCCCCCCCCCCCCCC(=O)O[C@@H]1[C@@H](COP(=O)(OCOC(=O)C(C)(C)C)OCOC(=O)C(C)(C)C)OC(n2ccc(N)nc2=O)C1(F)F. The molecule has 2 N–H and O–H groups in total. The summed E-state index contributed by atoms with van der Waals surface area (Å²) in [6.07, 6.45) is 9.66. The summed E-state index contributed by atoms with van der Waals surface area (Å²) in [4.78, 5) is 53.5. The summed E-state index contributed by atoms with van der Waals surface area (Å²) in [5.74, 6) is -6.67. The van der Waals surface area contributed by atoms with Crippen molar-refractivity contribution in [1.29, 1.82) is 0 Å². The van der Waals surface area contributed by atoms with Gasteiger partial charge in [0.15, 0.2) is 6.10 Å². The maximum Gasteiger partial charge on any atom is 0.480 e. The van der Waals surface area contributed by atoms with Gasteiger partial charge in [0.25, 0.3) is 0 Å². The lowest BCUT2D eigenvalue weighted by Gasteiger charge is -2.25. The number of nitrogen functional groups attached to an aromatic ring is 1. The third-order valence-electron chi connectivity index (χ3n) is 8.87. The highest BCUT2D eigenvalue weighted by molar-refractivity contribution is 7.48. The highest BCUT2D eigenvalue weighted by atomic mass is 31.2. The number of alkyl halides is 2. The number of carbonyl (C=O) groups is 3. The van der Waals surface area contributed by atoms with Gasteiger partial charge in [0.1, 0.15) is 11.9 Å². The van der Waals surface area contributed by atoms with E-state index in [0.717, 1.165) is 37.9 Å². The van der Waals surface area contributed by atoms with Crippen molar-refractivity contribution >= 4 is 31.5 Å². The molecule has 1 saturated heterocycles. The van der Waals surface area contributed by atoms with Crippen LogP contribution in [-0.4, -0.2) is 65.8 Å². The number of ether oxygens (including phenoxy) is 4. The smallest absolute Gasteiger partial charge is 0.453 e. The molecule has 1 aliphatic rings. The van der Waals surface area contributed by atoms with Crippen molar-refractivity contribution in [3.05, 3.63) is 22.7 Å². The molecule has 15 nitrogen and oxygen atoms in total. The number of nitrogens with zero attached hydrogens (tertiary/aromatic N) is 2. The second kappa shape index (κ2) is 23.4. The van der Waals surface area contributed by atoms with Crippen LogP contribution in [0.4, 0.5) is 14.6 Å². The summed E-state index contributed by atoms with van der Waals surface area (Å²) >= 11 is 0. The van der Waals surface area contributed by atoms with Crippen LogP contribution >= 0.6 is 7.82 Å². The van der Waals surface area contributed by atoms with Crippen LogP contribution in [0.2, 0.25) is 0 Å². The molecule has 1 aliphatic heterocycles. The van der Waals surface area contributed by atoms with Crippen molar-refractivity contribution in [2.45, 2.75) is 169 Å². The first kappa shape index (κ1) is 49.2. The lowest BCUT2D eigenvalue weighted by Crippen LogP contribution is -2.44. The molecule has 2 rings (SSSR count). The zero-order chi connectivity index (χ0) is 42.0. The summed E-state index contributed by atoms with van der Waals surface area (Å²) in [6, 6.07) is 1.11. The highest BCUT2D eigenvalue weighted by Gasteiger charge is 2.63. The zero-order valence-electron chi connectivity index (χ0n) is 34.2. The summed E-state index contributed by atoms with van der Waals surface area (Å²) in [5.41, 5.74) is 2.44. The Hall–Kier alpha value is -2.98. The van der Waals surface area contributed by atoms with Crippen LogP contribution in [0.5, 0.6) is 0 Å². The fraction of sp³-hybridized carbons (Fsp3) is 0.816. The predicted molar refractivity (Wildman–Crippen MR) is 203 cm³/mol. The number of halogens is 2. The van der Waals surface area contributed by atoms with Crippen LogP contribution in [0.15, 0.2) is 17.1 Å². The second-order valence-corrected chi connectivity index (χ2v) is 17.8. The van der Waals surface area contributed by atoms with E-state index in [9.17, 15) is 23.7 Å². The Bertz CT molecular complexity index is 1440. The third-order valence-corrected chi connectivity index (χ3v) is 10.2. The van der Waals surface area contributed by atoms with E-state index in [2.05, 4.69) is 11.9 Å². The Morgan fingerprint density at radius 3 is 1.73 bits per heavy atom. The molecule has 0 amide bonds. The molecular weight excluding hydrogens is 759 g/mol. The Labute approximate surface area is 329 Å². The molecule has 1 aromatic heterocycles. The number of rotatable bonds is 26. The van der Waals surface area contributed by atoms with E-state index in [-0.39, 0.29) is 12.2 Å². The minimum Gasteiger partial charge on any atom is -0.453 e. The number of aromatic nitrogens is 2. The van der Waals surface area contributed by atoms with Crippen molar-refractivity contribution in [2.75, 3.05) is 25.9 Å². The van der Waals surface area contributed by atoms with Crippen molar-refractivity contribution < 1.29 is 60.2 Å². The number of hydrogen-bond acceptors (Lipinski definition) is 14. The lowest BCUT2D eigenvalue weighted by molar-refractivity contribution is -0.176. The van der Waals surface area contributed by atoms with Gasteiger partial charge >= 0.3 is 37.3 Å². The van der Waals surface area contributed by atoms with E-state index in [1.165, 1.54) is 51.4 Å². The van der Waals surface area contributed by atoms with E-state index in [1.807, 2.05) is 0 Å². The fourth-order valence-corrected chi connectivity index (χ4v) is 6.43. The molecule has 18 heteroatoms. The largest absolute Gasteiger partial charge is 0.480 e. The molecule has 0 bridgehead atoms. The first-order valence-electron chi connectivity index (χ1n) is 19.7. The number of carbonyl (C=O) groups excluding carboxylic acids is 3. The number of unbranched alkanes of at least 4 members (excludes halogenated alkanes) is 13. The number of phosphoric acid groups is 1. The van der Waals surface area contributed by atoms with Crippen LogP contribution in [0.3, 0.4) is 0 Å². The van der Waals surface area contributed by atoms with Crippen LogP contribution in [0, 0.1) is 10.8 Å². The fourth-order valence-electron chi connectivity index (χ4n) is 5.52. The lowest BCUT2D eigenvalue weighted by atomic mass is 9.98. The van der Waals surface area contributed by atoms with Crippen molar-refractivity contribution in [2.24, 2.45) is 10.8 Å². The standard InChI is InChI=1S/C38H64F2N3O12P/c1-8-9-10-11-12-13-14-15-16-17-18-19-20-21-22-30(44)55-31-28(54-32(38(31,39)40)43-24-23-29(41)42-35(43)47)25-51-56(48,52-26-49-33(45)36(2,3)4)53-27-50-34(46)37(5,6)7/h23-24,28,31-32H,8-22,25-27H2,1-7H3,(H2,41,42,47)/t28-,31-,32?/m1/s1. The number of esters is 3. The normalized spacial score (nSPS) is 18.5. The van der Waals surface area contributed by atoms with Gasteiger partial charge in [-0.3, -0.25) is 23.5 Å². The molecule has 0 saturated carbocycles. The molecule has 0 aromatic carbocycles. The maximum absolute atomic E-state index is 16.1. The van der Waals surface area contributed by atoms with Crippen LogP contribution < -0.4 is 11.4 Å². The molecule has 0 radical (unpaired) electrons. The predicted octanol–water partition coefficient (Wildman–Crippen LogP) is 8.39. The van der Waals surface area contributed by atoms with Gasteiger partial charge in [0.2, 0.25) is 19.8 Å². The summed E-state index contributed by atoms with van der Waals surface area (Å²) in [6.45, 7) is 8.67. The Morgan fingerprint density at radius 1 is 0.821 bits per heavy atom. The van der Waals surface area contributed by atoms with Crippen LogP contribution in [0.25, 0.3) is 0 Å². The first-order valence-corrected chi connectivity index (χ1v) is 21.1. The van der Waals surface area contributed by atoms with E-state index >= 15 is 8.78 Å². The number of phosphoric ester groups is 1. The van der Waals surface area contributed by atoms with Gasteiger partial charge < -0.3 is 24.7 Å². The Balaban J connectivity index is 2.07. The maximum atomic E-state index is 16.1. The third kappa shape index (κ3) is 17.3. The molecular formula is C38H64F2N3O12P. The van der Waals surface area contributed by atoms with Crippen molar-refractivity contribution in [1.82, 2.24) is 9.55 Å². The summed E-state index contributed by atoms with van der Waals surface area (Å²) in [7, 11) is -4.86. The molecule has 2 heterocycles. The average molecular weight is 824 g/mol. The van der Waals surface area contributed by atoms with Crippen molar-refractivity contribution in [3.63, 3.8) is 0 Å². The Morgan fingerprint density at radius 2 is 1.29 bits per heavy atom. The van der Waals surface area contributed by atoms with Crippen LogP contribution in [0.1, 0.15) is 151 Å². The van der Waals surface area contributed by atoms with Gasteiger partial charge in [0.05, 0.1) is 17.4 Å². The monoisotopic (exact) mass is 823 g/mol. The topological polar surface area (TPSA) is 194 Å². The quantitative estimate of drug-likeness (QED) is 0.0308. The molecule has 56 heavy (non-hydrogen) atoms. The van der Waals surface area contributed by atoms with E-state index < -0.39 is 86.8 Å². The van der Waals surface area contributed by atoms with E-state index in [4.69, 9.17) is 38.3 Å². The molecule has 0 aliphatic carbocycles. The van der Waals surface area contributed by atoms with Gasteiger partial charge in [-0.05, 0) is 54.0 Å². The van der Waals surface area contributed by atoms with Gasteiger partial charge in [-0.25, -0.2) is 18.4 Å². The van der Waals surface area contributed by atoms with Gasteiger partial charge in [-0.15, -0.1) is 0 Å². The molecule has 322 valence electrons. The molecule has 0 spiro atoms. The first-order chi connectivity index (χ1) is 26.2. The summed E-state index contributed by atoms with van der Waals surface area (Å²) < 4.78 is 82.6. The molecule has 3 atom stereocenters. The van der Waals surface area contributed by atoms with Gasteiger partial charge in [-0.1, -0.05) is 90.4 Å². The zero-order valence-corrected chi connectivity index (χ0v) is 35.1. The molecule has 1 aromatic rings.